The van der Waals surface area contributed by atoms with Gasteiger partial charge in [0.2, 0.25) is 5.91 Å². The van der Waals surface area contributed by atoms with E-state index in [9.17, 15) is 14.0 Å². The first-order valence-corrected chi connectivity index (χ1v) is 12.1. The number of rotatable bonds is 7. The summed E-state index contributed by atoms with van der Waals surface area (Å²) < 4.78 is 25.8. The maximum atomic E-state index is 14.1. The van der Waals surface area contributed by atoms with Crippen LogP contribution >= 0.6 is 0 Å². The second-order valence-electron chi connectivity index (χ2n) is 9.56. The molecule has 2 heterocycles. The van der Waals surface area contributed by atoms with Crippen LogP contribution in [0, 0.1) is 11.7 Å². The summed E-state index contributed by atoms with van der Waals surface area (Å²) >= 11 is 0. The number of fused-ring (bicyclic) bond motifs is 1. The van der Waals surface area contributed by atoms with Crippen LogP contribution in [0.2, 0.25) is 0 Å². The lowest BCUT2D eigenvalue weighted by molar-refractivity contribution is -0.136. The lowest BCUT2D eigenvalue weighted by Crippen LogP contribution is -2.42. The van der Waals surface area contributed by atoms with Crippen molar-refractivity contribution in [3.63, 3.8) is 0 Å². The number of nitrogens with zero attached hydrogens (tertiary/aromatic N) is 1. The molecule has 1 saturated carbocycles. The van der Waals surface area contributed by atoms with Gasteiger partial charge in [0.1, 0.15) is 23.9 Å². The number of ether oxygens (including phenoxy) is 1. The number of amides is 2. The molecule has 1 aromatic heterocycles. The minimum atomic E-state index is -0.394. The first kappa shape index (κ1) is 23.1. The molecule has 35 heavy (non-hydrogen) atoms. The van der Waals surface area contributed by atoms with E-state index in [4.69, 9.17) is 9.15 Å². The highest BCUT2D eigenvalue weighted by atomic mass is 19.1. The summed E-state index contributed by atoms with van der Waals surface area (Å²) in [5.41, 5.74) is 2.77. The average Bonchev–Trinajstić information content (AvgIpc) is 3.53. The highest BCUT2D eigenvalue weighted by molar-refractivity contribution is 5.91. The summed E-state index contributed by atoms with van der Waals surface area (Å²) in [4.78, 5) is 27.1. The third kappa shape index (κ3) is 5.09. The minimum Gasteiger partial charge on any atom is -0.486 e. The van der Waals surface area contributed by atoms with Crippen molar-refractivity contribution in [3.8, 4) is 5.75 Å². The van der Waals surface area contributed by atoms with Gasteiger partial charge in [0.05, 0.1) is 6.04 Å². The number of hydrogen-bond donors (Lipinski definition) is 1. The second kappa shape index (κ2) is 9.56. The van der Waals surface area contributed by atoms with Crippen LogP contribution in [-0.4, -0.2) is 29.3 Å². The molecule has 1 unspecified atom stereocenters. The van der Waals surface area contributed by atoms with E-state index in [1.54, 1.807) is 18.2 Å². The molecule has 1 aliphatic heterocycles. The van der Waals surface area contributed by atoms with Crippen LogP contribution in [0.5, 0.6) is 5.75 Å². The molecule has 5 rings (SSSR count). The topological polar surface area (TPSA) is 71.8 Å². The second-order valence-corrected chi connectivity index (χ2v) is 9.56. The van der Waals surface area contributed by atoms with Crippen LogP contribution in [0.3, 0.4) is 0 Å². The number of benzene rings is 2. The summed E-state index contributed by atoms with van der Waals surface area (Å²) in [6.07, 6.45) is 2.74. The van der Waals surface area contributed by atoms with Gasteiger partial charge in [-0.05, 0) is 72.4 Å². The van der Waals surface area contributed by atoms with E-state index in [0.717, 1.165) is 36.0 Å². The van der Waals surface area contributed by atoms with Crippen LogP contribution in [0.25, 0.3) is 0 Å². The van der Waals surface area contributed by atoms with Gasteiger partial charge in [-0.3, -0.25) is 9.59 Å². The Bertz CT molecular complexity index is 1250. The van der Waals surface area contributed by atoms with Gasteiger partial charge in [0, 0.05) is 18.5 Å². The minimum absolute atomic E-state index is 0.0313. The van der Waals surface area contributed by atoms with Gasteiger partial charge in [-0.15, -0.1) is 0 Å². The van der Waals surface area contributed by atoms with Gasteiger partial charge in [-0.1, -0.05) is 32.0 Å². The van der Waals surface area contributed by atoms with Gasteiger partial charge >= 0.3 is 0 Å². The predicted octanol–water partition coefficient (Wildman–Crippen LogP) is 5.02. The van der Waals surface area contributed by atoms with Crippen LogP contribution in [0.4, 0.5) is 4.39 Å². The Labute approximate surface area is 204 Å². The molecule has 0 saturated heterocycles. The normalized spacial score (nSPS) is 17.3. The summed E-state index contributed by atoms with van der Waals surface area (Å²) in [7, 11) is 0. The molecular weight excluding hydrogens is 447 g/mol. The molecule has 2 aliphatic rings. The molecular formula is C28H29FN2O4. The van der Waals surface area contributed by atoms with Crippen molar-refractivity contribution in [2.75, 3.05) is 6.54 Å². The molecule has 7 heteroatoms. The van der Waals surface area contributed by atoms with E-state index in [0.29, 0.717) is 18.1 Å². The first-order chi connectivity index (χ1) is 16.9. The zero-order chi connectivity index (χ0) is 24.5. The van der Waals surface area contributed by atoms with Crippen LogP contribution in [0.1, 0.15) is 65.7 Å². The smallest absolute Gasteiger partial charge is 0.287 e. The van der Waals surface area contributed by atoms with E-state index < -0.39 is 6.04 Å². The fourth-order valence-corrected chi connectivity index (χ4v) is 4.50. The van der Waals surface area contributed by atoms with Crippen molar-refractivity contribution in [1.29, 1.82) is 0 Å². The molecule has 0 bridgehead atoms. The largest absolute Gasteiger partial charge is 0.486 e. The van der Waals surface area contributed by atoms with E-state index in [1.165, 1.54) is 12.1 Å². The Morgan fingerprint density at radius 1 is 1.14 bits per heavy atom. The number of carbonyl (C=O) groups excluding carboxylic acids is 2. The maximum absolute atomic E-state index is 14.1. The Kier molecular flexibility index (Phi) is 6.32. The van der Waals surface area contributed by atoms with Crippen molar-refractivity contribution >= 4 is 11.8 Å². The molecule has 3 aromatic rings. The Balaban J connectivity index is 1.38. The van der Waals surface area contributed by atoms with Gasteiger partial charge in [0.25, 0.3) is 5.91 Å². The lowest BCUT2D eigenvalue weighted by Gasteiger charge is -2.39. The van der Waals surface area contributed by atoms with Crippen molar-refractivity contribution < 1.29 is 23.1 Å². The van der Waals surface area contributed by atoms with E-state index >= 15 is 0 Å². The summed E-state index contributed by atoms with van der Waals surface area (Å²) in [6.45, 7) is 4.49. The molecule has 1 atom stereocenters. The molecule has 6 nitrogen and oxygen atoms in total. The monoisotopic (exact) mass is 476 g/mol. The van der Waals surface area contributed by atoms with Crippen LogP contribution in [-0.2, 0) is 17.8 Å². The molecule has 2 aromatic carbocycles. The third-order valence-electron chi connectivity index (χ3n) is 6.47. The highest BCUT2D eigenvalue weighted by Crippen LogP contribution is 2.38. The third-order valence-corrected chi connectivity index (χ3v) is 6.47. The number of hydrogen-bond acceptors (Lipinski definition) is 4. The fraction of sp³-hybridized carbons (Fsp3) is 0.357. The van der Waals surface area contributed by atoms with E-state index in [2.05, 4.69) is 5.32 Å². The molecule has 1 N–H and O–H groups in total. The predicted molar refractivity (Wildman–Crippen MR) is 128 cm³/mol. The standard InChI is InChI=1S/C28H29FN2O4/c1-17(2)28(33)31-13-12-18-6-9-22(15-24(18)26(31)19-4-3-5-20(29)14-19)34-16-23-10-11-25(35-23)27(32)30-21-7-8-21/h3-6,9-11,14-15,17,21,26H,7-8,12-13,16H2,1-2H3,(H,30,32). The summed E-state index contributed by atoms with van der Waals surface area (Å²) in [6, 6.07) is 15.5. The van der Waals surface area contributed by atoms with Crippen molar-refractivity contribution in [3.05, 3.63) is 88.6 Å². The lowest BCUT2D eigenvalue weighted by atomic mass is 9.87. The van der Waals surface area contributed by atoms with E-state index in [-0.39, 0.29) is 42.0 Å². The molecule has 0 radical (unpaired) electrons. The zero-order valence-corrected chi connectivity index (χ0v) is 19.9. The van der Waals surface area contributed by atoms with Crippen LogP contribution in [0.15, 0.2) is 59.0 Å². The highest BCUT2D eigenvalue weighted by Gasteiger charge is 2.33. The van der Waals surface area contributed by atoms with Crippen molar-refractivity contribution in [2.24, 2.45) is 5.92 Å². The number of carbonyl (C=O) groups is 2. The number of halogens is 1. The Hall–Kier alpha value is -3.61. The van der Waals surface area contributed by atoms with Gasteiger partial charge in [-0.2, -0.15) is 0 Å². The molecule has 182 valence electrons. The average molecular weight is 477 g/mol. The summed E-state index contributed by atoms with van der Waals surface area (Å²) in [5, 5.41) is 2.90. The first-order valence-electron chi connectivity index (χ1n) is 12.1. The zero-order valence-electron chi connectivity index (χ0n) is 19.9. The summed E-state index contributed by atoms with van der Waals surface area (Å²) in [5.74, 6) is 0.751. The molecule has 1 aliphatic carbocycles. The Morgan fingerprint density at radius 2 is 1.97 bits per heavy atom. The quantitative estimate of drug-likeness (QED) is 0.520. The van der Waals surface area contributed by atoms with Crippen LogP contribution < -0.4 is 10.1 Å². The molecule has 2 amide bonds. The van der Waals surface area contributed by atoms with Gasteiger partial charge in [-0.25, -0.2) is 4.39 Å². The van der Waals surface area contributed by atoms with Crippen molar-refractivity contribution in [2.45, 2.75) is 51.8 Å². The van der Waals surface area contributed by atoms with Crippen molar-refractivity contribution in [1.82, 2.24) is 10.2 Å². The molecule has 0 spiro atoms. The SMILES string of the molecule is CC(C)C(=O)N1CCc2ccc(OCc3ccc(C(=O)NC4CC4)o3)cc2C1c1cccc(F)c1. The fourth-order valence-electron chi connectivity index (χ4n) is 4.50. The number of furan rings is 1. The van der Waals surface area contributed by atoms with Gasteiger partial charge < -0.3 is 19.4 Å². The Morgan fingerprint density at radius 3 is 2.71 bits per heavy atom. The molecule has 1 fully saturated rings. The number of nitrogens with one attached hydrogen (secondary N) is 1. The van der Waals surface area contributed by atoms with Gasteiger partial charge in [0.15, 0.2) is 5.76 Å². The maximum Gasteiger partial charge on any atom is 0.287 e. The van der Waals surface area contributed by atoms with E-state index in [1.807, 2.05) is 43.0 Å².